The van der Waals surface area contributed by atoms with Gasteiger partial charge in [0.1, 0.15) is 18.2 Å². The lowest BCUT2D eigenvalue weighted by Crippen LogP contribution is -2.60. The van der Waals surface area contributed by atoms with Crippen LogP contribution in [0.15, 0.2) is 22.8 Å². The number of hydrogen-bond donors (Lipinski definition) is 2. The average molecular weight is 350 g/mol. The Morgan fingerprint density at radius 3 is 2.56 bits per heavy atom. The Labute approximate surface area is 147 Å². The summed E-state index contributed by atoms with van der Waals surface area (Å²) in [5.74, 6) is -0.934. The Balaban J connectivity index is 2.15. The van der Waals surface area contributed by atoms with Crippen molar-refractivity contribution in [2.24, 2.45) is 5.41 Å². The first-order valence-corrected chi connectivity index (χ1v) is 8.34. The fourth-order valence-electron chi connectivity index (χ4n) is 2.72. The molecule has 0 bridgehead atoms. The van der Waals surface area contributed by atoms with Crippen molar-refractivity contribution in [2.45, 2.75) is 58.7 Å². The number of rotatable bonds is 5. The van der Waals surface area contributed by atoms with E-state index in [0.29, 0.717) is 6.42 Å². The summed E-state index contributed by atoms with van der Waals surface area (Å²) in [5.41, 5.74) is -1.30. The number of furan rings is 1. The Bertz CT molecular complexity index is 647. The van der Waals surface area contributed by atoms with E-state index >= 15 is 0 Å². The number of carbonyl (C=O) groups is 3. The van der Waals surface area contributed by atoms with Gasteiger partial charge in [-0.3, -0.25) is 14.4 Å². The van der Waals surface area contributed by atoms with Gasteiger partial charge in [-0.15, -0.1) is 0 Å². The second kappa shape index (κ2) is 7.00. The molecule has 2 amide bonds. The highest BCUT2D eigenvalue weighted by Crippen LogP contribution is 2.25. The van der Waals surface area contributed by atoms with Crippen LogP contribution in [0.3, 0.4) is 0 Å². The third-order valence-corrected chi connectivity index (χ3v) is 4.42. The molecule has 0 aromatic carbocycles. The summed E-state index contributed by atoms with van der Waals surface area (Å²) in [7, 11) is 0. The fraction of sp³-hybridized carbons (Fsp3) is 0.611. The minimum atomic E-state index is -1.09. The Morgan fingerprint density at radius 2 is 2.08 bits per heavy atom. The van der Waals surface area contributed by atoms with Crippen LogP contribution < -0.4 is 10.6 Å². The van der Waals surface area contributed by atoms with Crippen LogP contribution in [0.2, 0.25) is 0 Å². The van der Waals surface area contributed by atoms with E-state index in [1.807, 2.05) is 20.8 Å². The average Bonchev–Trinajstić information content (AvgIpc) is 3.11. The summed E-state index contributed by atoms with van der Waals surface area (Å²) < 4.78 is 10.4. The molecule has 3 unspecified atom stereocenters. The molecule has 1 aliphatic heterocycles. The zero-order valence-corrected chi connectivity index (χ0v) is 15.3. The molecule has 1 aliphatic rings. The standard InChI is InChI=1S/C18H26N2O5/c1-11-18(5,14(21)10-25-11)20-15(22)12(9-17(2,3)4)19-16(23)13-7-6-8-24-13/h6-8,11-12H,9-10H2,1-5H3,(H,19,23)(H,20,22). The Morgan fingerprint density at radius 1 is 1.40 bits per heavy atom. The van der Waals surface area contributed by atoms with Crippen molar-refractivity contribution in [2.75, 3.05) is 6.61 Å². The molecule has 1 aromatic rings. The topological polar surface area (TPSA) is 97.6 Å². The summed E-state index contributed by atoms with van der Waals surface area (Å²) >= 11 is 0. The highest BCUT2D eigenvalue weighted by atomic mass is 16.5. The molecule has 7 heteroatoms. The van der Waals surface area contributed by atoms with Gasteiger partial charge in [-0.25, -0.2) is 0 Å². The smallest absolute Gasteiger partial charge is 0.287 e. The summed E-state index contributed by atoms with van der Waals surface area (Å²) in [6.07, 6.45) is 1.37. The first-order chi connectivity index (χ1) is 11.5. The maximum absolute atomic E-state index is 12.8. The molecule has 0 spiro atoms. The van der Waals surface area contributed by atoms with Gasteiger partial charge in [-0.1, -0.05) is 20.8 Å². The van der Waals surface area contributed by atoms with Gasteiger partial charge in [0.15, 0.2) is 11.5 Å². The molecular weight excluding hydrogens is 324 g/mol. The molecular formula is C18H26N2O5. The van der Waals surface area contributed by atoms with Crippen molar-refractivity contribution in [1.82, 2.24) is 10.6 Å². The molecule has 0 aliphatic carbocycles. The van der Waals surface area contributed by atoms with Gasteiger partial charge < -0.3 is 19.8 Å². The van der Waals surface area contributed by atoms with E-state index < -0.39 is 29.5 Å². The van der Waals surface area contributed by atoms with Gasteiger partial charge in [-0.05, 0) is 37.8 Å². The monoisotopic (exact) mass is 350 g/mol. The van der Waals surface area contributed by atoms with E-state index in [1.54, 1.807) is 19.9 Å². The number of ketones is 1. The van der Waals surface area contributed by atoms with Gasteiger partial charge >= 0.3 is 0 Å². The summed E-state index contributed by atoms with van der Waals surface area (Å²) in [4.78, 5) is 37.2. The van der Waals surface area contributed by atoms with Crippen molar-refractivity contribution >= 4 is 17.6 Å². The first-order valence-electron chi connectivity index (χ1n) is 8.34. The highest BCUT2D eigenvalue weighted by Gasteiger charge is 2.47. The zero-order valence-electron chi connectivity index (χ0n) is 15.3. The minimum absolute atomic E-state index is 0.0271. The molecule has 2 rings (SSSR count). The van der Waals surface area contributed by atoms with Crippen LogP contribution in [-0.2, 0) is 14.3 Å². The number of carbonyl (C=O) groups excluding carboxylic acids is 3. The summed E-state index contributed by atoms with van der Waals surface area (Å²) in [6.45, 7) is 9.28. The van der Waals surface area contributed by atoms with E-state index in [9.17, 15) is 14.4 Å². The number of nitrogens with one attached hydrogen (secondary N) is 2. The molecule has 25 heavy (non-hydrogen) atoms. The molecule has 138 valence electrons. The van der Waals surface area contributed by atoms with Crippen LogP contribution in [0, 0.1) is 5.41 Å². The molecule has 1 saturated heterocycles. The lowest BCUT2D eigenvalue weighted by Gasteiger charge is -2.31. The highest BCUT2D eigenvalue weighted by molar-refractivity contribution is 5.99. The lowest BCUT2D eigenvalue weighted by molar-refractivity contribution is -0.131. The van der Waals surface area contributed by atoms with Crippen LogP contribution in [0.25, 0.3) is 0 Å². The summed E-state index contributed by atoms with van der Waals surface area (Å²) in [5, 5.41) is 5.47. The fourth-order valence-corrected chi connectivity index (χ4v) is 2.72. The SMILES string of the molecule is CC1OCC(=O)C1(C)NC(=O)C(CC(C)(C)C)NC(=O)c1ccco1. The third-order valence-electron chi connectivity index (χ3n) is 4.42. The number of hydrogen-bond acceptors (Lipinski definition) is 5. The van der Waals surface area contributed by atoms with Crippen LogP contribution in [0.4, 0.5) is 0 Å². The van der Waals surface area contributed by atoms with Crippen molar-refractivity contribution < 1.29 is 23.5 Å². The number of Topliss-reactive ketones (excluding diaryl/α,β-unsaturated/α-hetero) is 1. The first kappa shape index (κ1) is 19.2. The molecule has 7 nitrogen and oxygen atoms in total. The summed E-state index contributed by atoms with van der Waals surface area (Å²) in [6, 6.07) is 2.33. The number of ether oxygens (including phenoxy) is 1. The van der Waals surface area contributed by atoms with Crippen LogP contribution in [0.5, 0.6) is 0 Å². The van der Waals surface area contributed by atoms with Gasteiger partial charge in [0.25, 0.3) is 5.91 Å². The quantitative estimate of drug-likeness (QED) is 0.842. The van der Waals surface area contributed by atoms with Crippen LogP contribution in [0.1, 0.15) is 51.6 Å². The zero-order chi connectivity index (χ0) is 18.8. The van der Waals surface area contributed by atoms with Gasteiger partial charge in [-0.2, -0.15) is 0 Å². The molecule has 1 aromatic heterocycles. The van der Waals surface area contributed by atoms with Crippen molar-refractivity contribution in [1.29, 1.82) is 0 Å². The molecule has 0 saturated carbocycles. The minimum Gasteiger partial charge on any atom is -0.459 e. The molecule has 3 atom stereocenters. The Hall–Kier alpha value is -2.15. The van der Waals surface area contributed by atoms with E-state index in [2.05, 4.69) is 10.6 Å². The predicted octanol–water partition coefficient (Wildman–Crippen LogP) is 1.68. The predicted molar refractivity (Wildman–Crippen MR) is 91.0 cm³/mol. The normalized spacial score (nSPS) is 24.8. The van der Waals surface area contributed by atoms with E-state index in [-0.39, 0.29) is 23.6 Å². The molecule has 1 fully saturated rings. The molecule has 2 N–H and O–H groups in total. The van der Waals surface area contributed by atoms with Gasteiger partial charge in [0.05, 0.1) is 12.4 Å². The molecule has 2 heterocycles. The maximum Gasteiger partial charge on any atom is 0.287 e. The Kier molecular flexibility index (Phi) is 5.37. The van der Waals surface area contributed by atoms with Crippen molar-refractivity contribution in [3.63, 3.8) is 0 Å². The van der Waals surface area contributed by atoms with E-state index in [0.717, 1.165) is 0 Å². The largest absolute Gasteiger partial charge is 0.459 e. The molecule has 0 radical (unpaired) electrons. The van der Waals surface area contributed by atoms with Crippen LogP contribution >= 0.6 is 0 Å². The van der Waals surface area contributed by atoms with Gasteiger partial charge in [0.2, 0.25) is 5.91 Å². The van der Waals surface area contributed by atoms with Crippen LogP contribution in [-0.4, -0.2) is 41.9 Å². The third kappa shape index (κ3) is 4.48. The van der Waals surface area contributed by atoms with Crippen molar-refractivity contribution in [3.8, 4) is 0 Å². The number of amides is 2. The lowest BCUT2D eigenvalue weighted by atomic mass is 9.86. The second-order valence-electron chi connectivity index (χ2n) is 7.84. The van der Waals surface area contributed by atoms with Crippen molar-refractivity contribution in [3.05, 3.63) is 24.2 Å². The van der Waals surface area contributed by atoms with E-state index in [4.69, 9.17) is 9.15 Å². The maximum atomic E-state index is 12.8. The van der Waals surface area contributed by atoms with Gasteiger partial charge in [0, 0.05) is 0 Å². The second-order valence-corrected chi connectivity index (χ2v) is 7.84. The van der Waals surface area contributed by atoms with E-state index in [1.165, 1.54) is 12.3 Å².